The lowest BCUT2D eigenvalue weighted by Gasteiger charge is -2.38. The van der Waals surface area contributed by atoms with Crippen molar-refractivity contribution in [3.63, 3.8) is 0 Å². The minimum Gasteiger partial charge on any atom is -0.463 e. The molecule has 0 aliphatic heterocycles. The lowest BCUT2D eigenvalue weighted by atomic mass is 9.88. The third kappa shape index (κ3) is 11.6. The maximum Gasteiger partial charge on any atom is 0.330 e. The van der Waals surface area contributed by atoms with E-state index < -0.39 is 28.7 Å². The molecule has 4 aromatic carbocycles. The lowest BCUT2D eigenvalue weighted by molar-refractivity contribution is -0.138. The van der Waals surface area contributed by atoms with Crippen molar-refractivity contribution in [2.45, 2.75) is 56.7 Å². The largest absolute Gasteiger partial charge is 0.463 e. The van der Waals surface area contributed by atoms with Crippen molar-refractivity contribution < 1.29 is 27.9 Å². The van der Waals surface area contributed by atoms with Gasteiger partial charge in [0.1, 0.15) is 5.60 Å². The van der Waals surface area contributed by atoms with Crippen LogP contribution in [0.4, 0.5) is 0 Å². The highest BCUT2D eigenvalue weighted by Gasteiger charge is 2.40. The molecule has 0 radical (unpaired) electrons. The highest BCUT2D eigenvalue weighted by atomic mass is 29.2. The molecule has 1 atom stereocenters. The zero-order valence-corrected chi connectivity index (χ0v) is 31.8. The molecule has 0 heterocycles. The van der Waals surface area contributed by atoms with E-state index in [2.05, 4.69) is 86.3 Å². The Hall–Kier alpha value is -4.35. The van der Waals surface area contributed by atoms with Crippen molar-refractivity contribution >= 4 is 29.1 Å². The van der Waals surface area contributed by atoms with Crippen LogP contribution in [0.3, 0.4) is 0 Å². The zero-order chi connectivity index (χ0) is 35.5. The summed E-state index contributed by atoms with van der Waals surface area (Å²) in [7, 11) is -3.97. The summed E-state index contributed by atoms with van der Waals surface area (Å²) in [6.07, 6.45) is 6.41. The predicted molar refractivity (Wildman–Crippen MR) is 206 cm³/mol. The SMILES string of the molecule is C=CC(=O)OCCC[Si](CCCOC(=O)C=CC)(OCCC(c1ccccc1)c1ccccc1)[SiH2]OC(C)(c1ccccc1)c1ccccc1. The van der Waals surface area contributed by atoms with Gasteiger partial charge in [0, 0.05) is 24.7 Å². The average molecular weight is 707 g/mol. The van der Waals surface area contributed by atoms with E-state index >= 15 is 0 Å². The molecule has 0 fully saturated rings. The molecule has 0 amide bonds. The Kier molecular flexibility index (Phi) is 15.7. The Morgan fingerprint density at radius 1 is 0.720 bits per heavy atom. The third-order valence-electron chi connectivity index (χ3n) is 9.00. The van der Waals surface area contributed by atoms with Crippen molar-refractivity contribution in [2.75, 3.05) is 19.8 Å². The van der Waals surface area contributed by atoms with Crippen LogP contribution in [0.15, 0.2) is 146 Å². The smallest absolute Gasteiger partial charge is 0.330 e. The Morgan fingerprint density at radius 3 is 1.64 bits per heavy atom. The molecule has 0 N–H and O–H groups in total. The quantitative estimate of drug-likeness (QED) is 0.0376. The molecule has 0 saturated heterocycles. The molecule has 262 valence electrons. The zero-order valence-electron chi connectivity index (χ0n) is 29.4. The summed E-state index contributed by atoms with van der Waals surface area (Å²) >= 11 is 0. The number of carbonyl (C=O) groups is 2. The van der Waals surface area contributed by atoms with Gasteiger partial charge >= 0.3 is 11.9 Å². The van der Waals surface area contributed by atoms with Gasteiger partial charge in [-0.2, -0.15) is 0 Å². The van der Waals surface area contributed by atoms with E-state index in [4.69, 9.17) is 18.3 Å². The molecule has 0 aliphatic carbocycles. The molecular weight excluding hydrogens is 657 g/mol. The summed E-state index contributed by atoms with van der Waals surface area (Å²) in [6, 6.07) is 43.3. The summed E-state index contributed by atoms with van der Waals surface area (Å²) in [5, 5.41) is 0. The first-order valence-corrected chi connectivity index (χ1v) is 22.7. The number of hydrogen-bond acceptors (Lipinski definition) is 6. The fraction of sp³-hybridized carbons (Fsp3) is 0.286. The topological polar surface area (TPSA) is 71.1 Å². The Morgan fingerprint density at radius 2 is 1.18 bits per heavy atom. The van der Waals surface area contributed by atoms with E-state index in [0.717, 1.165) is 29.6 Å². The number of benzene rings is 4. The van der Waals surface area contributed by atoms with Gasteiger partial charge in [-0.15, -0.1) is 0 Å². The van der Waals surface area contributed by atoms with Crippen LogP contribution in [0.5, 0.6) is 0 Å². The second-order valence-electron chi connectivity index (χ2n) is 12.5. The number of esters is 2. The Balaban J connectivity index is 1.64. The van der Waals surface area contributed by atoms with E-state index in [9.17, 15) is 9.59 Å². The predicted octanol–water partition coefficient (Wildman–Crippen LogP) is 8.36. The van der Waals surface area contributed by atoms with Crippen molar-refractivity contribution in [2.24, 2.45) is 0 Å². The first kappa shape index (κ1) is 38.5. The number of carbonyl (C=O) groups excluding carboxylic acids is 2. The first-order valence-electron chi connectivity index (χ1n) is 17.5. The minimum absolute atomic E-state index is 0.168. The Labute approximate surface area is 301 Å². The van der Waals surface area contributed by atoms with Crippen LogP contribution >= 0.6 is 0 Å². The first-order chi connectivity index (χ1) is 24.4. The standard InChI is InChI=1S/C42H50O6Si2/c1-4-20-41(44)46-31-19-34-50(33-18-30-45-40(43)5-2,47-32-29-39(35-21-10-6-11-22-35)36-23-12-7-13-24-36)49-48-42(3,37-25-14-8-15-26-37)38-27-16-9-17-28-38/h4-17,20-28,39H,2,18-19,29-34,49H2,1,3H3. The van der Waals surface area contributed by atoms with E-state index in [0.29, 0.717) is 26.1 Å². The van der Waals surface area contributed by atoms with Gasteiger partial charge in [0.15, 0.2) is 9.28 Å². The van der Waals surface area contributed by atoms with Crippen LogP contribution in [0, 0.1) is 0 Å². The van der Waals surface area contributed by atoms with Crippen LogP contribution in [0.25, 0.3) is 0 Å². The van der Waals surface area contributed by atoms with E-state index in [-0.39, 0.29) is 18.5 Å². The van der Waals surface area contributed by atoms with Gasteiger partial charge in [0.25, 0.3) is 0 Å². The van der Waals surface area contributed by atoms with Gasteiger partial charge < -0.3 is 18.3 Å². The molecule has 4 aromatic rings. The molecular formula is C42H50O6Si2. The van der Waals surface area contributed by atoms with E-state index in [1.165, 1.54) is 23.3 Å². The second-order valence-corrected chi connectivity index (χ2v) is 21.5. The molecule has 6 nitrogen and oxygen atoms in total. The molecule has 50 heavy (non-hydrogen) atoms. The van der Waals surface area contributed by atoms with Crippen LogP contribution in [-0.2, 0) is 33.5 Å². The number of hydrogen-bond donors (Lipinski definition) is 0. The number of allylic oxidation sites excluding steroid dienone is 1. The van der Waals surface area contributed by atoms with Gasteiger partial charge in [-0.05, 0) is 67.5 Å². The second kappa shape index (κ2) is 20.4. The van der Waals surface area contributed by atoms with Gasteiger partial charge in [0.05, 0.1) is 13.2 Å². The number of rotatable bonds is 21. The number of ether oxygens (including phenoxy) is 2. The van der Waals surface area contributed by atoms with E-state index in [1.807, 2.05) is 48.5 Å². The van der Waals surface area contributed by atoms with Crippen molar-refractivity contribution in [3.05, 3.63) is 168 Å². The maximum atomic E-state index is 12.2. The summed E-state index contributed by atoms with van der Waals surface area (Å²) in [6.45, 7) is 8.61. The van der Waals surface area contributed by atoms with Crippen LogP contribution in [0.2, 0.25) is 12.1 Å². The molecule has 0 bridgehead atoms. The third-order valence-corrected chi connectivity index (χ3v) is 18.3. The highest BCUT2D eigenvalue weighted by Crippen LogP contribution is 2.35. The fourth-order valence-corrected chi connectivity index (χ4v) is 14.9. The normalized spacial score (nSPS) is 13.0. The maximum absolute atomic E-state index is 12.2. The summed E-state index contributed by atoms with van der Waals surface area (Å²) in [4.78, 5) is 24.1. The molecule has 0 spiro atoms. The molecule has 8 heteroatoms. The van der Waals surface area contributed by atoms with Crippen molar-refractivity contribution in [3.8, 4) is 0 Å². The molecule has 4 rings (SSSR count). The minimum atomic E-state index is -2.62. The van der Waals surface area contributed by atoms with Gasteiger partial charge in [-0.1, -0.05) is 134 Å². The van der Waals surface area contributed by atoms with Gasteiger partial charge in [-0.25, -0.2) is 9.59 Å². The molecule has 1 unspecified atom stereocenters. The summed E-state index contributed by atoms with van der Waals surface area (Å²) in [5.41, 5.74) is 3.97. The average Bonchev–Trinajstić information content (AvgIpc) is 3.17. The van der Waals surface area contributed by atoms with Crippen molar-refractivity contribution in [1.82, 2.24) is 0 Å². The molecule has 0 aromatic heterocycles. The van der Waals surface area contributed by atoms with Gasteiger partial charge in [-0.3, -0.25) is 0 Å². The lowest BCUT2D eigenvalue weighted by Crippen LogP contribution is -2.50. The van der Waals surface area contributed by atoms with Crippen LogP contribution in [0.1, 0.15) is 61.3 Å². The summed E-state index contributed by atoms with van der Waals surface area (Å²) < 4.78 is 25.4. The van der Waals surface area contributed by atoms with E-state index in [1.54, 1.807) is 13.0 Å². The molecule has 0 saturated carbocycles. The van der Waals surface area contributed by atoms with Crippen LogP contribution < -0.4 is 0 Å². The Bertz CT molecular complexity index is 1540. The van der Waals surface area contributed by atoms with Crippen molar-refractivity contribution in [1.29, 1.82) is 0 Å². The highest BCUT2D eigenvalue weighted by molar-refractivity contribution is 7.19. The molecule has 0 aliphatic rings. The van der Waals surface area contributed by atoms with Crippen LogP contribution in [-0.4, -0.2) is 48.9 Å². The van der Waals surface area contributed by atoms with Gasteiger partial charge in [0.2, 0.25) is 7.83 Å². The fourth-order valence-electron chi connectivity index (χ4n) is 6.24. The summed E-state index contributed by atoms with van der Waals surface area (Å²) in [5.74, 6) is -0.613. The monoisotopic (exact) mass is 706 g/mol.